The zero-order valence-corrected chi connectivity index (χ0v) is 16.0. The van der Waals surface area contributed by atoms with E-state index in [1.807, 2.05) is 0 Å². The Kier molecular flexibility index (Phi) is 10.1. The highest BCUT2D eigenvalue weighted by atomic mass is 28.1. The molecule has 0 saturated carbocycles. The van der Waals surface area contributed by atoms with Crippen molar-refractivity contribution in [3.05, 3.63) is 11.9 Å². The quantitative estimate of drug-likeness (QED) is 0.535. The summed E-state index contributed by atoms with van der Waals surface area (Å²) in [6, 6.07) is 1.62. The first-order chi connectivity index (χ1) is 8.92. The van der Waals surface area contributed by atoms with Gasteiger partial charge in [-0.05, 0) is 46.1 Å². The molecule has 0 aliphatic heterocycles. The van der Waals surface area contributed by atoms with E-state index in [0.717, 1.165) is 23.1 Å². The molecule has 0 amide bonds. The molecule has 0 aliphatic rings. The lowest BCUT2D eigenvalue weighted by Gasteiger charge is -2.24. The van der Waals surface area contributed by atoms with Gasteiger partial charge in [0.05, 0.1) is 5.82 Å². The van der Waals surface area contributed by atoms with Crippen molar-refractivity contribution in [3.8, 4) is 0 Å². The summed E-state index contributed by atoms with van der Waals surface area (Å²) in [5.74, 6) is 1.19. The molecule has 0 saturated heterocycles. The second-order valence-electron chi connectivity index (χ2n) is 5.75. The van der Waals surface area contributed by atoms with Crippen molar-refractivity contribution in [1.82, 2.24) is 16.0 Å². The topological polar surface area (TPSA) is 36.1 Å². The molecule has 0 rings (SSSR count). The summed E-state index contributed by atoms with van der Waals surface area (Å²) < 4.78 is 0. The van der Waals surface area contributed by atoms with E-state index in [1.54, 1.807) is 0 Å². The predicted molar refractivity (Wildman–Crippen MR) is 90.5 cm³/mol. The van der Waals surface area contributed by atoms with Gasteiger partial charge < -0.3 is 16.0 Å². The van der Waals surface area contributed by atoms with Crippen LogP contribution in [0, 0.1) is 0 Å². The molecule has 4 heteroatoms. The van der Waals surface area contributed by atoms with Crippen LogP contribution in [0.2, 0.25) is 0 Å². The smallest absolute Gasteiger partial charge is 0.0961 e. The number of hydrogen-bond acceptors (Lipinski definition) is 3. The van der Waals surface area contributed by atoms with Crippen molar-refractivity contribution in [2.24, 2.45) is 0 Å². The van der Waals surface area contributed by atoms with Gasteiger partial charge in [0.15, 0.2) is 0 Å². The summed E-state index contributed by atoms with van der Waals surface area (Å²) in [7, 11) is 1.13. The Morgan fingerprint density at radius 2 is 1.32 bits per heavy atom. The van der Waals surface area contributed by atoms with E-state index in [0.29, 0.717) is 23.8 Å². The van der Waals surface area contributed by atoms with Crippen molar-refractivity contribution in [2.75, 3.05) is 0 Å². The Hall–Kier alpha value is -0.483. The zero-order valence-electron chi connectivity index (χ0n) is 14.0. The summed E-state index contributed by atoms with van der Waals surface area (Å²) in [4.78, 5) is 0. The van der Waals surface area contributed by atoms with Gasteiger partial charge in [0.25, 0.3) is 0 Å². The molecule has 0 aliphatic carbocycles. The van der Waals surface area contributed by atoms with Gasteiger partial charge in [-0.3, -0.25) is 0 Å². The first kappa shape index (κ1) is 18.5. The SMILES string of the molecule is CCC(C)NC(=CC([SiH3])NC(C)CC)NC(C)CC. The van der Waals surface area contributed by atoms with Gasteiger partial charge in [-0.1, -0.05) is 20.8 Å². The van der Waals surface area contributed by atoms with E-state index in [-0.39, 0.29) is 0 Å². The Bertz CT molecular complexity index is 242. The molecular weight excluding hydrogens is 250 g/mol. The monoisotopic (exact) mass is 285 g/mol. The fourth-order valence-corrected chi connectivity index (χ4v) is 2.64. The molecule has 0 radical (unpaired) electrons. The molecule has 19 heavy (non-hydrogen) atoms. The van der Waals surface area contributed by atoms with Gasteiger partial charge >= 0.3 is 0 Å². The van der Waals surface area contributed by atoms with Crippen molar-refractivity contribution in [3.63, 3.8) is 0 Å². The summed E-state index contributed by atoms with van der Waals surface area (Å²) in [5, 5.41) is 10.8. The Labute approximate surface area is 123 Å². The maximum absolute atomic E-state index is 3.65. The minimum absolute atomic E-state index is 0.512. The molecule has 0 bridgehead atoms. The largest absolute Gasteiger partial charge is 0.370 e. The average Bonchev–Trinajstić information content (AvgIpc) is 2.37. The highest BCUT2D eigenvalue weighted by molar-refractivity contribution is 6.13. The summed E-state index contributed by atoms with van der Waals surface area (Å²) >= 11 is 0. The van der Waals surface area contributed by atoms with E-state index >= 15 is 0 Å². The molecule has 114 valence electrons. The Balaban J connectivity index is 4.60. The lowest BCUT2D eigenvalue weighted by atomic mass is 10.2. The maximum Gasteiger partial charge on any atom is 0.0961 e. The minimum Gasteiger partial charge on any atom is -0.370 e. The van der Waals surface area contributed by atoms with Gasteiger partial charge in [-0.2, -0.15) is 0 Å². The third-order valence-electron chi connectivity index (χ3n) is 3.60. The molecule has 4 unspecified atom stereocenters. The molecule has 0 spiro atoms. The van der Waals surface area contributed by atoms with E-state index in [1.165, 1.54) is 12.2 Å². The molecule has 3 N–H and O–H groups in total. The van der Waals surface area contributed by atoms with Crippen molar-refractivity contribution in [2.45, 2.75) is 84.6 Å². The van der Waals surface area contributed by atoms with E-state index in [9.17, 15) is 0 Å². The van der Waals surface area contributed by atoms with E-state index < -0.39 is 0 Å². The van der Waals surface area contributed by atoms with Crippen LogP contribution in [-0.2, 0) is 0 Å². The number of nitrogens with one attached hydrogen (secondary N) is 3. The van der Waals surface area contributed by atoms with Crippen LogP contribution in [0.5, 0.6) is 0 Å². The molecule has 4 atom stereocenters. The average molecular weight is 286 g/mol. The van der Waals surface area contributed by atoms with Gasteiger partial charge in [0, 0.05) is 34.0 Å². The fraction of sp³-hybridized carbons (Fsp3) is 0.867. The fourth-order valence-electron chi connectivity index (χ4n) is 1.74. The Morgan fingerprint density at radius 1 is 0.895 bits per heavy atom. The van der Waals surface area contributed by atoms with Crippen LogP contribution < -0.4 is 16.0 Å². The molecule has 0 aromatic carbocycles. The first-order valence-corrected chi connectivity index (χ1v) is 9.09. The van der Waals surface area contributed by atoms with Crippen LogP contribution in [0.15, 0.2) is 11.9 Å². The summed E-state index contributed by atoms with van der Waals surface area (Å²) in [5.41, 5.74) is 0.512. The normalized spacial score (nSPS) is 17.4. The third-order valence-corrected chi connectivity index (χ3v) is 4.27. The summed E-state index contributed by atoms with van der Waals surface area (Å²) in [6.45, 7) is 13.4. The van der Waals surface area contributed by atoms with Crippen molar-refractivity contribution in [1.29, 1.82) is 0 Å². The van der Waals surface area contributed by atoms with Gasteiger partial charge in [0.2, 0.25) is 0 Å². The van der Waals surface area contributed by atoms with Crippen LogP contribution >= 0.6 is 0 Å². The second kappa shape index (κ2) is 10.3. The van der Waals surface area contributed by atoms with Crippen LogP contribution in [0.3, 0.4) is 0 Å². The van der Waals surface area contributed by atoms with Crippen molar-refractivity contribution >= 4 is 10.2 Å². The summed E-state index contributed by atoms with van der Waals surface area (Å²) in [6.07, 6.45) is 5.80. The van der Waals surface area contributed by atoms with Crippen LogP contribution in [-0.4, -0.2) is 34.0 Å². The molecule has 0 fully saturated rings. The molecular formula is C15H35N3Si. The highest BCUT2D eigenvalue weighted by Gasteiger charge is 2.08. The van der Waals surface area contributed by atoms with Gasteiger partial charge in [-0.15, -0.1) is 0 Å². The lowest BCUT2D eigenvalue weighted by Crippen LogP contribution is -2.41. The van der Waals surface area contributed by atoms with Gasteiger partial charge in [0.1, 0.15) is 0 Å². The predicted octanol–water partition coefficient (Wildman–Crippen LogP) is 1.68. The minimum atomic E-state index is 0.512. The maximum atomic E-state index is 3.65. The molecule has 3 nitrogen and oxygen atoms in total. The van der Waals surface area contributed by atoms with Crippen LogP contribution in [0.1, 0.15) is 60.8 Å². The van der Waals surface area contributed by atoms with Crippen LogP contribution in [0.4, 0.5) is 0 Å². The molecule has 0 aromatic heterocycles. The van der Waals surface area contributed by atoms with Crippen molar-refractivity contribution < 1.29 is 0 Å². The van der Waals surface area contributed by atoms with E-state index in [2.05, 4.69) is 63.6 Å². The Morgan fingerprint density at radius 3 is 1.68 bits per heavy atom. The van der Waals surface area contributed by atoms with Gasteiger partial charge in [-0.25, -0.2) is 0 Å². The lowest BCUT2D eigenvalue weighted by molar-refractivity contribution is 0.499. The van der Waals surface area contributed by atoms with E-state index in [4.69, 9.17) is 0 Å². The number of hydrogen-bond donors (Lipinski definition) is 3. The molecule has 0 aromatic rings. The standard InChI is InChI=1S/C15H35N3Si/c1-7-11(4)16-14(17-12(5)8-2)10-15(19)18-13(6)9-3/h10-13,15-18H,7-9H2,1-6,19H3. The first-order valence-electron chi connectivity index (χ1n) is 7.93. The molecule has 0 heterocycles. The zero-order chi connectivity index (χ0) is 14.8. The third kappa shape index (κ3) is 9.11. The number of rotatable bonds is 10. The van der Waals surface area contributed by atoms with Crippen LogP contribution in [0.25, 0.3) is 0 Å². The highest BCUT2D eigenvalue weighted by Crippen LogP contribution is 2.00. The second-order valence-corrected chi connectivity index (χ2v) is 7.00.